The Kier molecular flexibility index (Phi) is 8.02. The first kappa shape index (κ1) is 20.2. The first-order chi connectivity index (χ1) is 11.4. The molecule has 24 heavy (non-hydrogen) atoms. The molecular formula is C17H25I2N3O2. The molecule has 0 bridgehead atoms. The van der Waals surface area contributed by atoms with E-state index in [1.165, 1.54) is 0 Å². The molecule has 1 aromatic rings. The van der Waals surface area contributed by atoms with Crippen molar-refractivity contribution in [1.82, 2.24) is 10.2 Å². The third-order valence-electron chi connectivity index (χ3n) is 4.55. The zero-order chi connectivity index (χ0) is 17.7. The molecule has 0 saturated carbocycles. The number of amides is 1. The molecule has 134 valence electrons. The van der Waals surface area contributed by atoms with Crippen LogP contribution in [0.3, 0.4) is 0 Å². The lowest BCUT2D eigenvalue weighted by Crippen LogP contribution is -2.51. The van der Waals surface area contributed by atoms with Crippen molar-refractivity contribution < 1.29 is 9.90 Å². The Balaban J connectivity index is 1.86. The van der Waals surface area contributed by atoms with Crippen LogP contribution in [0.25, 0.3) is 0 Å². The smallest absolute Gasteiger partial charge is 0.234 e. The maximum atomic E-state index is 11.6. The Bertz CT molecular complexity index is 575. The highest BCUT2D eigenvalue weighted by Crippen LogP contribution is 2.27. The van der Waals surface area contributed by atoms with Gasteiger partial charge in [0.2, 0.25) is 5.91 Å². The number of halogens is 2. The van der Waals surface area contributed by atoms with E-state index in [1.54, 1.807) is 0 Å². The standard InChI is InChI=1S/C17H25I2N3O2/c1-2-3-15(17(20)24)22-6-4-13(5-7-22)21-10-11-8-12(18)9-14(19)16(11)23/h8-9,13,15,21,23H,2-7,10H2,1H3,(H2,20,24). The number of carbonyl (C=O) groups is 1. The lowest BCUT2D eigenvalue weighted by Gasteiger charge is -2.36. The number of rotatable bonds is 7. The number of nitrogens with one attached hydrogen (secondary N) is 1. The van der Waals surface area contributed by atoms with Gasteiger partial charge in [0.1, 0.15) is 5.75 Å². The number of nitrogens with zero attached hydrogens (tertiary/aromatic N) is 1. The van der Waals surface area contributed by atoms with Crippen molar-refractivity contribution in [2.24, 2.45) is 5.73 Å². The van der Waals surface area contributed by atoms with Gasteiger partial charge in [-0.1, -0.05) is 13.3 Å². The molecule has 0 aliphatic carbocycles. The molecule has 2 rings (SSSR count). The first-order valence-corrected chi connectivity index (χ1v) is 10.5. The summed E-state index contributed by atoms with van der Waals surface area (Å²) in [5.74, 6) is 0.166. The Morgan fingerprint density at radius 2 is 2.08 bits per heavy atom. The third kappa shape index (κ3) is 5.43. The second-order valence-electron chi connectivity index (χ2n) is 6.29. The molecule has 7 heteroatoms. The zero-order valence-corrected chi connectivity index (χ0v) is 18.2. The number of carbonyl (C=O) groups excluding carboxylic acids is 1. The number of aromatic hydroxyl groups is 1. The highest BCUT2D eigenvalue weighted by atomic mass is 127. The SMILES string of the molecule is CCCC(C(N)=O)N1CCC(NCc2cc(I)cc(I)c2O)CC1. The minimum absolute atomic E-state index is 0.128. The van der Waals surface area contributed by atoms with Gasteiger partial charge in [-0.15, -0.1) is 0 Å². The lowest BCUT2D eigenvalue weighted by atomic mass is 10.0. The highest BCUT2D eigenvalue weighted by molar-refractivity contribution is 14.1. The van der Waals surface area contributed by atoms with Crippen LogP contribution in [0.2, 0.25) is 0 Å². The zero-order valence-electron chi connectivity index (χ0n) is 13.9. The number of hydrogen-bond acceptors (Lipinski definition) is 4. The molecule has 5 nitrogen and oxygen atoms in total. The Morgan fingerprint density at radius 1 is 1.42 bits per heavy atom. The number of phenolic OH excluding ortho intramolecular Hbond substituents is 1. The molecule has 1 aromatic carbocycles. The fourth-order valence-corrected chi connectivity index (χ4v) is 5.17. The summed E-state index contributed by atoms with van der Waals surface area (Å²) in [6.07, 6.45) is 3.79. The summed E-state index contributed by atoms with van der Waals surface area (Å²) in [4.78, 5) is 13.8. The second kappa shape index (κ2) is 9.54. The van der Waals surface area contributed by atoms with Gasteiger partial charge in [-0.25, -0.2) is 0 Å². The van der Waals surface area contributed by atoms with Crippen molar-refractivity contribution in [2.75, 3.05) is 13.1 Å². The average Bonchev–Trinajstić information content (AvgIpc) is 2.55. The van der Waals surface area contributed by atoms with E-state index in [0.29, 0.717) is 18.3 Å². The quantitative estimate of drug-likeness (QED) is 0.451. The molecule has 1 aliphatic heterocycles. The average molecular weight is 557 g/mol. The van der Waals surface area contributed by atoms with Crippen LogP contribution in [0.4, 0.5) is 0 Å². The second-order valence-corrected chi connectivity index (χ2v) is 8.70. The largest absolute Gasteiger partial charge is 0.507 e. The van der Waals surface area contributed by atoms with E-state index < -0.39 is 0 Å². The molecule has 1 atom stereocenters. The summed E-state index contributed by atoms with van der Waals surface area (Å²) in [6.45, 7) is 4.53. The van der Waals surface area contributed by atoms with Crippen molar-refractivity contribution in [1.29, 1.82) is 0 Å². The van der Waals surface area contributed by atoms with E-state index in [2.05, 4.69) is 62.3 Å². The molecule has 1 aliphatic rings. The van der Waals surface area contributed by atoms with Crippen molar-refractivity contribution in [3.63, 3.8) is 0 Å². The third-order valence-corrected chi connectivity index (χ3v) is 5.99. The van der Waals surface area contributed by atoms with Crippen molar-refractivity contribution in [2.45, 2.75) is 51.2 Å². The summed E-state index contributed by atoms with van der Waals surface area (Å²) in [7, 11) is 0. The molecule has 0 spiro atoms. The molecule has 1 saturated heterocycles. The predicted molar refractivity (Wildman–Crippen MR) is 113 cm³/mol. The van der Waals surface area contributed by atoms with Crippen molar-refractivity contribution in [3.05, 3.63) is 24.8 Å². The minimum atomic E-state index is -0.207. The van der Waals surface area contributed by atoms with Gasteiger partial charge in [-0.2, -0.15) is 0 Å². The van der Waals surface area contributed by atoms with Crippen LogP contribution in [0, 0.1) is 7.14 Å². The van der Waals surface area contributed by atoms with Crippen LogP contribution < -0.4 is 11.1 Å². The summed E-state index contributed by atoms with van der Waals surface area (Å²) < 4.78 is 2.01. The molecule has 1 amide bonds. The molecular weight excluding hydrogens is 532 g/mol. The molecule has 1 unspecified atom stereocenters. The topological polar surface area (TPSA) is 78.6 Å². The van der Waals surface area contributed by atoms with Crippen LogP contribution in [-0.4, -0.2) is 41.1 Å². The van der Waals surface area contributed by atoms with Gasteiger partial charge in [-0.3, -0.25) is 9.69 Å². The summed E-state index contributed by atoms with van der Waals surface area (Å²) in [5, 5.41) is 13.7. The van der Waals surface area contributed by atoms with E-state index in [1.807, 2.05) is 12.1 Å². The van der Waals surface area contributed by atoms with E-state index in [9.17, 15) is 9.90 Å². The minimum Gasteiger partial charge on any atom is -0.507 e. The fraction of sp³-hybridized carbons (Fsp3) is 0.588. The summed E-state index contributed by atoms with van der Waals surface area (Å²) >= 11 is 4.43. The van der Waals surface area contributed by atoms with Gasteiger partial charge < -0.3 is 16.2 Å². The monoisotopic (exact) mass is 557 g/mol. The Morgan fingerprint density at radius 3 is 2.67 bits per heavy atom. The maximum absolute atomic E-state index is 11.6. The number of hydrogen-bond donors (Lipinski definition) is 3. The predicted octanol–water partition coefficient (Wildman–Crippen LogP) is 2.81. The highest BCUT2D eigenvalue weighted by Gasteiger charge is 2.27. The number of nitrogens with two attached hydrogens (primary N) is 1. The van der Waals surface area contributed by atoms with Gasteiger partial charge >= 0.3 is 0 Å². The Labute approximate surface area is 171 Å². The van der Waals surface area contributed by atoms with E-state index in [-0.39, 0.29) is 11.9 Å². The fourth-order valence-electron chi connectivity index (χ4n) is 3.20. The van der Waals surface area contributed by atoms with E-state index in [4.69, 9.17) is 5.73 Å². The maximum Gasteiger partial charge on any atom is 0.234 e. The lowest BCUT2D eigenvalue weighted by molar-refractivity contribution is -0.124. The summed E-state index contributed by atoms with van der Waals surface area (Å²) in [6, 6.07) is 4.27. The van der Waals surface area contributed by atoms with Crippen LogP contribution in [-0.2, 0) is 11.3 Å². The Hall–Kier alpha value is -0.130. The van der Waals surface area contributed by atoms with Gasteiger partial charge in [0, 0.05) is 34.8 Å². The van der Waals surface area contributed by atoms with Crippen molar-refractivity contribution >= 4 is 51.1 Å². The molecule has 1 fully saturated rings. The van der Waals surface area contributed by atoms with Crippen LogP contribution in [0.5, 0.6) is 5.75 Å². The van der Waals surface area contributed by atoms with Gasteiger partial charge in [0.05, 0.1) is 9.61 Å². The molecule has 4 N–H and O–H groups in total. The van der Waals surface area contributed by atoms with Crippen LogP contribution in [0.1, 0.15) is 38.2 Å². The van der Waals surface area contributed by atoms with E-state index >= 15 is 0 Å². The van der Waals surface area contributed by atoms with E-state index in [0.717, 1.165) is 51.5 Å². The van der Waals surface area contributed by atoms with Gasteiger partial charge in [-0.05, 0) is 76.6 Å². The summed E-state index contributed by atoms with van der Waals surface area (Å²) in [5.41, 5.74) is 6.48. The van der Waals surface area contributed by atoms with Crippen LogP contribution in [0.15, 0.2) is 12.1 Å². The number of primary amides is 1. The number of phenols is 1. The van der Waals surface area contributed by atoms with Crippen LogP contribution >= 0.6 is 45.2 Å². The molecule has 0 aromatic heterocycles. The van der Waals surface area contributed by atoms with Crippen molar-refractivity contribution in [3.8, 4) is 5.75 Å². The first-order valence-electron chi connectivity index (χ1n) is 8.36. The number of benzene rings is 1. The van der Waals surface area contributed by atoms with Gasteiger partial charge in [0.25, 0.3) is 0 Å². The van der Waals surface area contributed by atoms with Gasteiger partial charge in [0.15, 0.2) is 0 Å². The normalized spacial score (nSPS) is 17.8. The molecule has 0 radical (unpaired) electrons. The molecule has 1 heterocycles. The number of piperidine rings is 1. The number of likely N-dealkylation sites (tertiary alicyclic amines) is 1.